The number of aromatic nitrogens is 4. The maximum atomic E-state index is 9.67. The van der Waals surface area contributed by atoms with Gasteiger partial charge in [-0.25, -0.2) is 4.98 Å². The van der Waals surface area contributed by atoms with Gasteiger partial charge in [-0.1, -0.05) is 13.8 Å². The summed E-state index contributed by atoms with van der Waals surface area (Å²) in [6, 6.07) is 8.39. The second-order valence-corrected chi connectivity index (χ2v) is 6.73. The molecule has 0 radical (unpaired) electrons. The summed E-state index contributed by atoms with van der Waals surface area (Å²) in [5.41, 5.74) is 1.20. The molecule has 142 valence electrons. The van der Waals surface area contributed by atoms with Crippen LogP contribution in [0.25, 0.3) is 16.9 Å². The zero-order valence-electron chi connectivity index (χ0n) is 16.4. The third-order valence-corrected chi connectivity index (χ3v) is 4.68. The molecule has 0 saturated carbocycles. The van der Waals surface area contributed by atoms with E-state index in [2.05, 4.69) is 21.2 Å². The highest BCUT2D eigenvalue weighted by molar-refractivity contribution is 5.85. The van der Waals surface area contributed by atoms with Gasteiger partial charge in [-0.05, 0) is 31.5 Å². The van der Waals surface area contributed by atoms with E-state index < -0.39 is 5.41 Å². The summed E-state index contributed by atoms with van der Waals surface area (Å²) in [7, 11) is 0. The minimum atomic E-state index is -0.609. The quantitative estimate of drug-likeness (QED) is 0.768. The van der Waals surface area contributed by atoms with Crippen LogP contribution in [0.1, 0.15) is 33.3 Å². The first-order chi connectivity index (χ1) is 13.1. The number of nitrogens with zero attached hydrogens (tertiary/aromatic N) is 5. The molecule has 1 aliphatic heterocycles. The molecule has 1 N–H and O–H groups in total. The Labute approximate surface area is 159 Å². The molecule has 0 spiro atoms. The van der Waals surface area contributed by atoms with Crippen LogP contribution in [-0.4, -0.2) is 46.1 Å². The van der Waals surface area contributed by atoms with Gasteiger partial charge < -0.3 is 9.64 Å². The summed E-state index contributed by atoms with van der Waals surface area (Å²) in [5.74, 6) is 1.73. The molecule has 1 aliphatic rings. The van der Waals surface area contributed by atoms with Crippen molar-refractivity contribution in [3.63, 3.8) is 0 Å². The Morgan fingerprint density at radius 3 is 2.59 bits per heavy atom. The number of hydrogen-bond acceptors (Lipinski definition) is 5. The first-order valence-electron chi connectivity index (χ1n) is 9.36. The average Bonchev–Trinajstić information content (AvgIpc) is 3.38. The molecule has 3 aromatic heterocycles. The van der Waals surface area contributed by atoms with Gasteiger partial charge in [0.1, 0.15) is 17.3 Å². The van der Waals surface area contributed by atoms with Gasteiger partial charge in [0, 0.05) is 30.7 Å². The molecule has 0 aromatic carbocycles. The molecular weight excluding hydrogens is 340 g/mol. The number of hydrogen-bond donors (Lipinski definition) is 1. The van der Waals surface area contributed by atoms with E-state index in [0.717, 1.165) is 41.3 Å². The number of nitriles is 1. The van der Waals surface area contributed by atoms with Gasteiger partial charge in [0.25, 0.3) is 0 Å². The van der Waals surface area contributed by atoms with E-state index in [1.54, 1.807) is 6.20 Å². The largest absolute Gasteiger partial charge is 0.378 e. The smallest absolute Gasteiger partial charge is 0.148 e. The van der Waals surface area contributed by atoms with Crippen LogP contribution in [0.2, 0.25) is 0 Å². The summed E-state index contributed by atoms with van der Waals surface area (Å²) in [6.45, 7) is 10.9. The first kappa shape index (κ1) is 18.9. The molecule has 7 nitrogen and oxygen atoms in total. The number of pyridine rings is 1. The van der Waals surface area contributed by atoms with Crippen LogP contribution in [0.5, 0.6) is 0 Å². The minimum absolute atomic E-state index is 0.609. The summed E-state index contributed by atoms with van der Waals surface area (Å²) in [4.78, 5) is 7.11. The van der Waals surface area contributed by atoms with Crippen molar-refractivity contribution >= 4 is 16.9 Å². The molecule has 27 heavy (non-hydrogen) atoms. The molecule has 1 saturated heterocycles. The Morgan fingerprint density at radius 2 is 1.96 bits per heavy atom. The van der Waals surface area contributed by atoms with Crippen molar-refractivity contribution in [3.8, 4) is 11.9 Å². The van der Waals surface area contributed by atoms with Crippen LogP contribution < -0.4 is 4.90 Å². The second-order valence-electron chi connectivity index (χ2n) is 6.73. The molecule has 3 aromatic rings. The van der Waals surface area contributed by atoms with Crippen LogP contribution in [0.4, 0.5) is 5.82 Å². The molecular formula is C20H26N6O. The van der Waals surface area contributed by atoms with Crippen LogP contribution >= 0.6 is 0 Å². The normalized spacial score (nSPS) is 14.6. The Bertz CT molecular complexity index is 929. The van der Waals surface area contributed by atoms with Gasteiger partial charge in [0.15, 0.2) is 0 Å². The van der Waals surface area contributed by atoms with Crippen LogP contribution in [-0.2, 0) is 10.2 Å². The second kappa shape index (κ2) is 7.80. The Kier molecular flexibility index (Phi) is 5.47. The maximum absolute atomic E-state index is 9.67. The number of aromatic amines is 1. The maximum Gasteiger partial charge on any atom is 0.148 e. The summed E-state index contributed by atoms with van der Waals surface area (Å²) in [5, 5.41) is 17.7. The third-order valence-electron chi connectivity index (χ3n) is 4.68. The van der Waals surface area contributed by atoms with Gasteiger partial charge in [-0.3, -0.25) is 9.67 Å². The van der Waals surface area contributed by atoms with E-state index >= 15 is 0 Å². The fraction of sp³-hybridized carbons (Fsp3) is 0.450. The van der Waals surface area contributed by atoms with Gasteiger partial charge in [0.05, 0.1) is 30.9 Å². The van der Waals surface area contributed by atoms with E-state index in [-0.39, 0.29) is 0 Å². The fourth-order valence-corrected chi connectivity index (χ4v) is 3.20. The molecule has 7 heteroatoms. The zero-order chi connectivity index (χ0) is 19.4. The number of anilines is 1. The number of H-pyrrole nitrogens is 1. The van der Waals surface area contributed by atoms with Crippen LogP contribution in [0, 0.1) is 11.3 Å². The number of morpholine rings is 1. The van der Waals surface area contributed by atoms with E-state index in [1.165, 1.54) is 0 Å². The van der Waals surface area contributed by atoms with E-state index in [9.17, 15) is 5.26 Å². The number of fused-ring (bicyclic) bond motifs is 1. The Morgan fingerprint density at radius 1 is 1.22 bits per heavy atom. The topological polar surface area (TPSA) is 82.8 Å². The van der Waals surface area contributed by atoms with Crippen molar-refractivity contribution in [1.29, 1.82) is 5.26 Å². The summed E-state index contributed by atoms with van der Waals surface area (Å²) in [6.07, 6.45) is 3.68. The molecule has 4 rings (SSSR count). The fourth-order valence-electron chi connectivity index (χ4n) is 3.20. The highest BCUT2D eigenvalue weighted by Crippen LogP contribution is 2.33. The third kappa shape index (κ3) is 3.53. The molecule has 0 unspecified atom stereocenters. The van der Waals surface area contributed by atoms with Gasteiger partial charge in [-0.15, -0.1) is 0 Å². The molecule has 0 amide bonds. The average molecular weight is 366 g/mol. The van der Waals surface area contributed by atoms with Gasteiger partial charge in [0.2, 0.25) is 0 Å². The van der Waals surface area contributed by atoms with E-state index in [0.29, 0.717) is 13.2 Å². The van der Waals surface area contributed by atoms with Crippen LogP contribution in [0.15, 0.2) is 30.6 Å². The summed E-state index contributed by atoms with van der Waals surface area (Å²) >= 11 is 0. The number of nitrogens with one attached hydrogen (secondary N) is 1. The van der Waals surface area contributed by atoms with Crippen molar-refractivity contribution in [3.05, 3.63) is 36.2 Å². The van der Waals surface area contributed by atoms with Crippen molar-refractivity contribution in [2.45, 2.75) is 33.1 Å². The van der Waals surface area contributed by atoms with Crippen molar-refractivity contribution in [2.24, 2.45) is 0 Å². The standard InChI is InChI=1S/C18H20N6O.C2H6/c1-18(2,12-19)14-11-16(23-7-9-25-10-8-23)21-17-13(14)4-6-24(17)15-3-5-20-22-15;1-2/h3-6,11H,7-10H2,1-2H3,(H,20,22);1-2H3. The highest BCUT2D eigenvalue weighted by atomic mass is 16.5. The van der Waals surface area contributed by atoms with Crippen molar-refractivity contribution in [1.82, 2.24) is 19.7 Å². The lowest BCUT2D eigenvalue weighted by Crippen LogP contribution is -2.37. The number of ether oxygens (including phenoxy) is 1. The number of rotatable bonds is 3. The predicted molar refractivity (Wildman–Crippen MR) is 106 cm³/mol. The lowest BCUT2D eigenvalue weighted by molar-refractivity contribution is 0.122. The predicted octanol–water partition coefficient (Wildman–Crippen LogP) is 3.41. The SMILES string of the molecule is CC.CC(C)(C#N)c1cc(N2CCOCC2)nc2c1ccn2-c1ccn[nH]1. The molecule has 4 heterocycles. The van der Waals surface area contributed by atoms with Crippen molar-refractivity contribution < 1.29 is 4.74 Å². The molecule has 1 fully saturated rings. The Balaban J connectivity index is 0.00000102. The van der Waals surface area contributed by atoms with E-state index in [4.69, 9.17) is 9.72 Å². The zero-order valence-corrected chi connectivity index (χ0v) is 16.4. The minimum Gasteiger partial charge on any atom is -0.378 e. The van der Waals surface area contributed by atoms with Gasteiger partial charge in [-0.2, -0.15) is 10.4 Å². The van der Waals surface area contributed by atoms with Crippen molar-refractivity contribution in [2.75, 3.05) is 31.2 Å². The summed E-state index contributed by atoms with van der Waals surface area (Å²) < 4.78 is 7.43. The lowest BCUT2D eigenvalue weighted by Gasteiger charge is -2.29. The highest BCUT2D eigenvalue weighted by Gasteiger charge is 2.26. The first-order valence-corrected chi connectivity index (χ1v) is 9.36. The Hall–Kier alpha value is -2.85. The molecule has 0 bridgehead atoms. The molecule has 0 atom stereocenters. The lowest BCUT2D eigenvalue weighted by atomic mass is 9.85. The van der Waals surface area contributed by atoms with Crippen LogP contribution in [0.3, 0.4) is 0 Å². The van der Waals surface area contributed by atoms with Gasteiger partial charge >= 0.3 is 0 Å². The monoisotopic (exact) mass is 366 g/mol. The van der Waals surface area contributed by atoms with E-state index in [1.807, 2.05) is 56.7 Å². The molecule has 0 aliphatic carbocycles.